The van der Waals surface area contributed by atoms with E-state index in [1.807, 2.05) is 18.3 Å². The minimum Gasteiger partial charge on any atom is -0.310 e. The maximum atomic E-state index is 5.66. The normalized spacial score (nSPS) is 15.2. The Hall–Kier alpha value is -0.310. The van der Waals surface area contributed by atoms with Crippen LogP contribution in [0.25, 0.3) is 0 Å². The average molecular weight is 219 g/mol. The first-order valence-corrected chi connectivity index (χ1v) is 4.56. The van der Waals surface area contributed by atoms with Crippen LogP contribution in [0.15, 0.2) is 18.3 Å². The quantitative estimate of drug-likeness (QED) is 0.789. The molecule has 0 unspecified atom stereocenters. The molecule has 0 atom stereocenters. The molecule has 0 bridgehead atoms. The van der Waals surface area contributed by atoms with Crippen LogP contribution in [0.2, 0.25) is 5.15 Å². The van der Waals surface area contributed by atoms with Crippen molar-refractivity contribution in [2.75, 3.05) is 0 Å². The Morgan fingerprint density at radius 1 is 1.46 bits per heavy atom. The maximum Gasteiger partial charge on any atom is 0.129 e. The Morgan fingerprint density at radius 3 is 2.77 bits per heavy atom. The molecule has 0 radical (unpaired) electrons. The highest BCUT2D eigenvalue weighted by Gasteiger charge is 2.19. The van der Waals surface area contributed by atoms with Crippen LogP contribution in [0.5, 0.6) is 0 Å². The third-order valence-electron chi connectivity index (χ3n) is 1.96. The van der Waals surface area contributed by atoms with Gasteiger partial charge in [0.05, 0.1) is 0 Å². The summed E-state index contributed by atoms with van der Waals surface area (Å²) in [6, 6.07) is 4.58. The monoisotopic (exact) mass is 218 g/mol. The Morgan fingerprint density at radius 2 is 2.23 bits per heavy atom. The third kappa shape index (κ3) is 3.51. The van der Waals surface area contributed by atoms with Gasteiger partial charge >= 0.3 is 0 Å². The topological polar surface area (TPSA) is 24.9 Å². The van der Waals surface area contributed by atoms with Crippen LogP contribution in [0, 0.1) is 0 Å². The summed E-state index contributed by atoms with van der Waals surface area (Å²) in [5.41, 5.74) is 1.20. The summed E-state index contributed by atoms with van der Waals surface area (Å²) < 4.78 is 0. The van der Waals surface area contributed by atoms with E-state index in [9.17, 15) is 0 Å². The second-order valence-electron chi connectivity index (χ2n) is 3.14. The first-order chi connectivity index (χ1) is 5.84. The van der Waals surface area contributed by atoms with Gasteiger partial charge in [-0.3, -0.25) is 0 Å². The van der Waals surface area contributed by atoms with Gasteiger partial charge in [-0.2, -0.15) is 0 Å². The van der Waals surface area contributed by atoms with E-state index in [2.05, 4.69) is 10.3 Å². The summed E-state index contributed by atoms with van der Waals surface area (Å²) >= 11 is 5.66. The van der Waals surface area contributed by atoms with Crippen LogP contribution in [-0.4, -0.2) is 11.0 Å². The zero-order chi connectivity index (χ0) is 8.39. The molecule has 1 aliphatic rings. The van der Waals surface area contributed by atoms with Crippen LogP contribution in [0.4, 0.5) is 0 Å². The SMILES string of the molecule is Cl.Clc1ccc(CNC2CC2)cn1. The molecule has 13 heavy (non-hydrogen) atoms. The Balaban J connectivity index is 0.000000845. The zero-order valence-corrected chi connectivity index (χ0v) is 8.74. The van der Waals surface area contributed by atoms with Crippen molar-refractivity contribution < 1.29 is 0 Å². The zero-order valence-electron chi connectivity index (χ0n) is 7.16. The lowest BCUT2D eigenvalue weighted by Gasteiger charge is -2.01. The standard InChI is InChI=1S/C9H11ClN2.ClH/c10-9-4-1-7(6-12-9)5-11-8-2-3-8;/h1,4,6,8,11H,2-3,5H2;1H. The van der Waals surface area contributed by atoms with Crippen LogP contribution in [-0.2, 0) is 6.54 Å². The predicted octanol–water partition coefficient (Wildman–Crippen LogP) is 2.41. The molecule has 1 aliphatic carbocycles. The molecule has 0 amide bonds. The Bertz CT molecular complexity index is 257. The van der Waals surface area contributed by atoms with Gasteiger partial charge < -0.3 is 5.32 Å². The van der Waals surface area contributed by atoms with Gasteiger partial charge in [0.15, 0.2) is 0 Å². The van der Waals surface area contributed by atoms with Gasteiger partial charge in [-0.1, -0.05) is 17.7 Å². The molecule has 1 heterocycles. The number of halogens is 2. The number of nitrogens with one attached hydrogen (secondary N) is 1. The van der Waals surface area contributed by atoms with Crippen LogP contribution < -0.4 is 5.32 Å². The molecule has 0 saturated heterocycles. The molecular weight excluding hydrogens is 207 g/mol. The highest BCUT2D eigenvalue weighted by Crippen LogP contribution is 2.19. The summed E-state index contributed by atoms with van der Waals surface area (Å²) in [4.78, 5) is 4.00. The molecule has 0 spiro atoms. The van der Waals surface area contributed by atoms with E-state index in [0.29, 0.717) is 5.15 Å². The predicted molar refractivity (Wildman–Crippen MR) is 56.4 cm³/mol. The molecule has 72 valence electrons. The van der Waals surface area contributed by atoms with Crippen LogP contribution in [0.1, 0.15) is 18.4 Å². The van der Waals surface area contributed by atoms with Crippen LogP contribution in [0.3, 0.4) is 0 Å². The molecule has 2 rings (SSSR count). The lowest BCUT2D eigenvalue weighted by Crippen LogP contribution is -2.15. The van der Waals surface area contributed by atoms with Crippen molar-refractivity contribution in [3.63, 3.8) is 0 Å². The smallest absolute Gasteiger partial charge is 0.129 e. The summed E-state index contributed by atoms with van der Waals surface area (Å²) in [6.07, 6.45) is 4.46. The molecule has 0 aromatic carbocycles. The van der Waals surface area contributed by atoms with Crippen molar-refractivity contribution in [3.8, 4) is 0 Å². The molecular formula is C9H12Cl2N2. The van der Waals surface area contributed by atoms with E-state index in [1.165, 1.54) is 18.4 Å². The fourth-order valence-corrected chi connectivity index (χ4v) is 1.17. The van der Waals surface area contributed by atoms with Crippen molar-refractivity contribution in [2.45, 2.75) is 25.4 Å². The number of aromatic nitrogens is 1. The Kier molecular flexibility index (Phi) is 3.97. The van der Waals surface area contributed by atoms with Crippen molar-refractivity contribution in [1.29, 1.82) is 0 Å². The lowest BCUT2D eigenvalue weighted by atomic mass is 10.3. The summed E-state index contributed by atoms with van der Waals surface area (Å²) in [7, 11) is 0. The molecule has 0 aliphatic heterocycles. The highest BCUT2D eigenvalue weighted by molar-refractivity contribution is 6.29. The molecule has 1 aromatic heterocycles. The largest absolute Gasteiger partial charge is 0.310 e. The minimum atomic E-state index is 0. The van der Waals surface area contributed by atoms with E-state index in [-0.39, 0.29) is 12.4 Å². The average Bonchev–Trinajstić information content (AvgIpc) is 2.87. The maximum absolute atomic E-state index is 5.66. The molecule has 1 aromatic rings. The summed E-state index contributed by atoms with van der Waals surface area (Å²) in [5, 5.41) is 3.97. The van der Waals surface area contributed by atoms with Gasteiger partial charge in [-0.05, 0) is 24.5 Å². The van der Waals surface area contributed by atoms with Gasteiger partial charge in [0.1, 0.15) is 5.15 Å². The summed E-state index contributed by atoms with van der Waals surface area (Å²) in [6.45, 7) is 0.912. The van der Waals surface area contributed by atoms with Crippen LogP contribution >= 0.6 is 24.0 Å². The van der Waals surface area contributed by atoms with Crippen molar-refractivity contribution >= 4 is 24.0 Å². The van der Waals surface area contributed by atoms with Gasteiger partial charge in [0.25, 0.3) is 0 Å². The van der Waals surface area contributed by atoms with Crippen molar-refractivity contribution in [2.24, 2.45) is 0 Å². The second-order valence-corrected chi connectivity index (χ2v) is 3.53. The number of nitrogens with zero attached hydrogens (tertiary/aromatic N) is 1. The van der Waals surface area contributed by atoms with Crippen molar-refractivity contribution in [1.82, 2.24) is 10.3 Å². The first kappa shape index (κ1) is 10.8. The molecule has 4 heteroatoms. The van der Waals surface area contributed by atoms with Gasteiger partial charge in [-0.15, -0.1) is 12.4 Å². The Labute approximate surface area is 89.1 Å². The second kappa shape index (κ2) is 4.80. The van der Waals surface area contributed by atoms with E-state index >= 15 is 0 Å². The molecule has 2 nitrogen and oxygen atoms in total. The number of hydrogen-bond acceptors (Lipinski definition) is 2. The minimum absolute atomic E-state index is 0. The molecule has 1 fully saturated rings. The fourth-order valence-electron chi connectivity index (χ4n) is 1.06. The third-order valence-corrected chi connectivity index (χ3v) is 2.18. The molecule has 1 saturated carbocycles. The van der Waals surface area contributed by atoms with E-state index in [1.54, 1.807) is 0 Å². The highest BCUT2D eigenvalue weighted by atomic mass is 35.5. The lowest BCUT2D eigenvalue weighted by molar-refractivity contribution is 0.686. The van der Waals surface area contributed by atoms with Gasteiger partial charge in [-0.25, -0.2) is 4.98 Å². The van der Waals surface area contributed by atoms with E-state index in [4.69, 9.17) is 11.6 Å². The summed E-state index contributed by atoms with van der Waals surface area (Å²) in [5.74, 6) is 0. The molecule has 1 N–H and O–H groups in total. The van der Waals surface area contributed by atoms with Gasteiger partial charge in [0, 0.05) is 18.8 Å². The van der Waals surface area contributed by atoms with E-state index < -0.39 is 0 Å². The number of rotatable bonds is 3. The first-order valence-electron chi connectivity index (χ1n) is 4.18. The van der Waals surface area contributed by atoms with E-state index in [0.717, 1.165) is 12.6 Å². The van der Waals surface area contributed by atoms with Crippen molar-refractivity contribution in [3.05, 3.63) is 29.0 Å². The van der Waals surface area contributed by atoms with Gasteiger partial charge in [0.2, 0.25) is 0 Å². The number of pyridine rings is 1. The fraction of sp³-hybridized carbons (Fsp3) is 0.444. The number of hydrogen-bond donors (Lipinski definition) is 1.